The zero-order chi connectivity index (χ0) is 17.8. The first-order chi connectivity index (χ1) is 12.1. The fourth-order valence-electron chi connectivity index (χ4n) is 2.71. The van der Waals surface area contributed by atoms with Crippen molar-refractivity contribution in [1.82, 2.24) is 4.57 Å². The van der Waals surface area contributed by atoms with Crippen LogP contribution >= 0.6 is 0 Å². The van der Waals surface area contributed by atoms with E-state index < -0.39 is 0 Å². The third kappa shape index (κ3) is 3.55. The van der Waals surface area contributed by atoms with Crippen molar-refractivity contribution in [2.24, 2.45) is 0 Å². The summed E-state index contributed by atoms with van der Waals surface area (Å²) in [6, 6.07) is 14.7. The summed E-state index contributed by atoms with van der Waals surface area (Å²) in [6.45, 7) is 4.34. The van der Waals surface area contributed by atoms with E-state index in [0.717, 1.165) is 11.3 Å². The lowest BCUT2D eigenvalue weighted by Crippen LogP contribution is -2.21. The molecule has 5 heteroatoms. The van der Waals surface area contributed by atoms with Gasteiger partial charge in [0.15, 0.2) is 6.61 Å². The molecule has 3 rings (SSSR count). The highest BCUT2D eigenvalue weighted by atomic mass is 16.5. The van der Waals surface area contributed by atoms with E-state index in [4.69, 9.17) is 4.74 Å². The van der Waals surface area contributed by atoms with Gasteiger partial charge in [-0.15, -0.1) is 0 Å². The molecule has 25 heavy (non-hydrogen) atoms. The van der Waals surface area contributed by atoms with Gasteiger partial charge in [-0.05, 0) is 43.7 Å². The summed E-state index contributed by atoms with van der Waals surface area (Å²) in [7, 11) is 0. The first-order valence-electron chi connectivity index (χ1n) is 8.20. The van der Waals surface area contributed by atoms with Crippen LogP contribution in [0.25, 0.3) is 10.8 Å². The number of amides is 1. The van der Waals surface area contributed by atoms with E-state index in [1.807, 2.05) is 44.2 Å². The summed E-state index contributed by atoms with van der Waals surface area (Å²) >= 11 is 0. The van der Waals surface area contributed by atoms with Gasteiger partial charge in [0.1, 0.15) is 5.75 Å². The van der Waals surface area contributed by atoms with Gasteiger partial charge in [-0.3, -0.25) is 9.59 Å². The van der Waals surface area contributed by atoms with Gasteiger partial charge in [0, 0.05) is 23.8 Å². The maximum atomic E-state index is 12.4. The molecule has 0 saturated heterocycles. The predicted octanol–water partition coefficient (Wildman–Crippen LogP) is 3.35. The molecule has 0 spiro atoms. The van der Waals surface area contributed by atoms with Crippen LogP contribution in [0.4, 0.5) is 5.69 Å². The average Bonchev–Trinajstić information content (AvgIpc) is 2.62. The topological polar surface area (TPSA) is 60.3 Å². The molecule has 1 heterocycles. The molecule has 0 saturated carbocycles. The second-order valence-electron chi connectivity index (χ2n) is 5.78. The number of fused-ring (bicyclic) bond motifs is 1. The van der Waals surface area contributed by atoms with Crippen molar-refractivity contribution in [3.63, 3.8) is 0 Å². The number of para-hydroxylation sites is 1. The van der Waals surface area contributed by atoms with E-state index in [0.29, 0.717) is 23.1 Å². The third-order valence-electron chi connectivity index (χ3n) is 4.10. The van der Waals surface area contributed by atoms with Crippen LogP contribution in [0.1, 0.15) is 12.5 Å². The fraction of sp³-hybridized carbons (Fsp3) is 0.200. The summed E-state index contributed by atoms with van der Waals surface area (Å²) in [4.78, 5) is 24.5. The Labute approximate surface area is 145 Å². The highest BCUT2D eigenvalue weighted by Gasteiger charge is 2.09. The summed E-state index contributed by atoms with van der Waals surface area (Å²) in [5, 5.41) is 4.12. The van der Waals surface area contributed by atoms with E-state index >= 15 is 0 Å². The van der Waals surface area contributed by atoms with Crippen LogP contribution < -0.4 is 15.6 Å². The van der Waals surface area contributed by atoms with Crippen LogP contribution in [0.2, 0.25) is 0 Å². The average molecular weight is 336 g/mol. The largest absolute Gasteiger partial charge is 0.483 e. The minimum absolute atomic E-state index is 0.0604. The summed E-state index contributed by atoms with van der Waals surface area (Å²) in [5.74, 6) is 0.283. The van der Waals surface area contributed by atoms with Crippen LogP contribution in [-0.2, 0) is 11.3 Å². The Hall–Kier alpha value is -3.08. The molecule has 1 amide bonds. The Balaban J connectivity index is 1.77. The number of carbonyl (C=O) groups is 1. The Morgan fingerprint density at radius 3 is 2.64 bits per heavy atom. The van der Waals surface area contributed by atoms with E-state index in [1.165, 1.54) is 0 Å². The molecule has 0 unspecified atom stereocenters. The lowest BCUT2D eigenvalue weighted by Gasteiger charge is -2.11. The lowest BCUT2D eigenvalue weighted by atomic mass is 10.1. The number of benzene rings is 2. The molecular weight excluding hydrogens is 316 g/mol. The minimum atomic E-state index is -0.242. The van der Waals surface area contributed by atoms with Crippen molar-refractivity contribution < 1.29 is 9.53 Å². The SMILES string of the molecule is CCn1ccc2c(OCC(=O)Nc3ccccc3C)cccc2c1=O. The number of pyridine rings is 1. The smallest absolute Gasteiger partial charge is 0.262 e. The van der Waals surface area contributed by atoms with Gasteiger partial charge in [-0.1, -0.05) is 24.3 Å². The monoisotopic (exact) mass is 336 g/mol. The van der Waals surface area contributed by atoms with Crippen molar-refractivity contribution in [1.29, 1.82) is 0 Å². The normalized spacial score (nSPS) is 10.6. The van der Waals surface area contributed by atoms with Gasteiger partial charge in [0.05, 0.1) is 5.39 Å². The number of ether oxygens (including phenoxy) is 1. The van der Waals surface area contributed by atoms with Crippen LogP contribution in [0, 0.1) is 6.92 Å². The number of rotatable bonds is 5. The summed E-state index contributed by atoms with van der Waals surface area (Å²) < 4.78 is 7.30. The first kappa shape index (κ1) is 16.8. The summed E-state index contributed by atoms with van der Waals surface area (Å²) in [5.41, 5.74) is 1.69. The van der Waals surface area contributed by atoms with Crippen LogP contribution in [-0.4, -0.2) is 17.1 Å². The molecule has 1 aromatic heterocycles. The highest BCUT2D eigenvalue weighted by molar-refractivity contribution is 5.93. The number of nitrogens with zero attached hydrogens (tertiary/aromatic N) is 1. The van der Waals surface area contributed by atoms with Gasteiger partial charge < -0.3 is 14.6 Å². The third-order valence-corrected chi connectivity index (χ3v) is 4.10. The van der Waals surface area contributed by atoms with Gasteiger partial charge in [-0.25, -0.2) is 0 Å². The number of aryl methyl sites for hydroxylation is 2. The standard InChI is InChI=1S/C20H20N2O3/c1-3-22-12-11-15-16(20(22)24)8-6-10-18(15)25-13-19(23)21-17-9-5-4-7-14(17)2/h4-12H,3,13H2,1-2H3,(H,21,23). The van der Waals surface area contributed by atoms with Crippen molar-refractivity contribution in [2.45, 2.75) is 20.4 Å². The maximum absolute atomic E-state index is 12.4. The van der Waals surface area contributed by atoms with Gasteiger partial charge in [0.25, 0.3) is 11.5 Å². The van der Waals surface area contributed by atoms with E-state index in [9.17, 15) is 9.59 Å². The van der Waals surface area contributed by atoms with Crippen LogP contribution in [0.5, 0.6) is 5.75 Å². The molecule has 5 nitrogen and oxygen atoms in total. The molecule has 0 radical (unpaired) electrons. The maximum Gasteiger partial charge on any atom is 0.262 e. The molecule has 3 aromatic rings. The summed E-state index contributed by atoms with van der Waals surface area (Å²) in [6.07, 6.45) is 1.74. The van der Waals surface area contributed by atoms with Gasteiger partial charge in [0.2, 0.25) is 0 Å². The number of hydrogen-bond acceptors (Lipinski definition) is 3. The van der Waals surface area contributed by atoms with Crippen LogP contribution in [0.15, 0.2) is 59.5 Å². The van der Waals surface area contributed by atoms with Gasteiger partial charge in [-0.2, -0.15) is 0 Å². The number of nitrogens with one attached hydrogen (secondary N) is 1. The van der Waals surface area contributed by atoms with Gasteiger partial charge >= 0.3 is 0 Å². The highest BCUT2D eigenvalue weighted by Crippen LogP contribution is 2.23. The van der Waals surface area contributed by atoms with Crippen molar-refractivity contribution in [3.05, 3.63) is 70.6 Å². The molecule has 128 valence electrons. The molecule has 0 aliphatic rings. The van der Waals surface area contributed by atoms with E-state index in [-0.39, 0.29) is 18.1 Å². The molecule has 0 aliphatic carbocycles. The molecule has 0 atom stereocenters. The van der Waals surface area contributed by atoms with Crippen LogP contribution in [0.3, 0.4) is 0 Å². The second kappa shape index (κ2) is 7.21. The first-order valence-corrected chi connectivity index (χ1v) is 8.20. The quantitative estimate of drug-likeness (QED) is 0.777. The van der Waals surface area contributed by atoms with Crippen molar-refractivity contribution in [3.8, 4) is 5.75 Å². The van der Waals surface area contributed by atoms with Crippen molar-refractivity contribution in [2.75, 3.05) is 11.9 Å². The van der Waals surface area contributed by atoms with Crippen molar-refractivity contribution >= 4 is 22.4 Å². The predicted molar refractivity (Wildman–Crippen MR) is 99.2 cm³/mol. The molecule has 0 fully saturated rings. The zero-order valence-electron chi connectivity index (χ0n) is 14.3. The van der Waals surface area contributed by atoms with E-state index in [2.05, 4.69) is 5.32 Å². The molecule has 1 N–H and O–H groups in total. The molecule has 0 bridgehead atoms. The Bertz CT molecular complexity index is 976. The number of hydrogen-bond donors (Lipinski definition) is 1. The number of anilines is 1. The Morgan fingerprint density at radius 2 is 1.88 bits per heavy atom. The number of carbonyl (C=O) groups excluding carboxylic acids is 1. The Kier molecular flexibility index (Phi) is 4.84. The zero-order valence-corrected chi connectivity index (χ0v) is 14.3. The molecular formula is C20H20N2O3. The van der Waals surface area contributed by atoms with E-state index in [1.54, 1.807) is 29.0 Å². The molecule has 0 aliphatic heterocycles. The second-order valence-corrected chi connectivity index (χ2v) is 5.78. The fourth-order valence-corrected chi connectivity index (χ4v) is 2.71. The number of aromatic nitrogens is 1. The Morgan fingerprint density at radius 1 is 1.08 bits per heavy atom. The minimum Gasteiger partial charge on any atom is -0.483 e. The lowest BCUT2D eigenvalue weighted by molar-refractivity contribution is -0.118. The molecule has 2 aromatic carbocycles.